The topological polar surface area (TPSA) is 185 Å². The summed E-state index contributed by atoms with van der Waals surface area (Å²) in [6.45, 7) is 13.5. The molecule has 3 saturated carbocycles. The van der Waals surface area contributed by atoms with Crippen LogP contribution in [0.15, 0.2) is 76.9 Å². The number of amides is 1. The largest absolute Gasteiger partial charge is 0.392 e. The molecule has 0 saturated heterocycles. The van der Waals surface area contributed by atoms with Crippen LogP contribution in [0.5, 0.6) is 0 Å². The normalized spacial score (nSPS) is 31.3. The van der Waals surface area contributed by atoms with E-state index in [1.54, 1.807) is 6.92 Å². The number of fused-ring (bicyclic) bond motifs is 1. The molecule has 1 aromatic carbocycles. The summed E-state index contributed by atoms with van der Waals surface area (Å²) in [6, 6.07) is 4.73. The van der Waals surface area contributed by atoms with Crippen molar-refractivity contribution in [2.24, 2.45) is 23.0 Å². The number of Topliss-reactive ketones (excluding diaryl/α,β-unsaturated/α-hetero) is 1. The molecule has 8 atom stereocenters. The number of nitrogens with one attached hydrogen (secondary N) is 2. The maximum absolute atomic E-state index is 14.6. The van der Waals surface area contributed by atoms with E-state index in [9.17, 15) is 35.1 Å². The first kappa shape index (κ1) is 44.9. The molecule has 0 aromatic heterocycles. The van der Waals surface area contributed by atoms with Gasteiger partial charge < -0.3 is 36.6 Å². The summed E-state index contributed by atoms with van der Waals surface area (Å²) in [5.74, 6) is -1.25. The van der Waals surface area contributed by atoms with Crippen molar-refractivity contribution in [3.63, 3.8) is 0 Å². The van der Waals surface area contributed by atoms with Crippen LogP contribution in [0.2, 0.25) is 0 Å². The van der Waals surface area contributed by atoms with Crippen molar-refractivity contribution >= 4 is 11.7 Å². The molecule has 0 radical (unpaired) electrons. The van der Waals surface area contributed by atoms with Gasteiger partial charge in [0.05, 0.1) is 30.0 Å². The molecule has 314 valence electrons. The molecule has 1 heterocycles. The van der Waals surface area contributed by atoms with Gasteiger partial charge in [0.1, 0.15) is 12.2 Å². The van der Waals surface area contributed by atoms with E-state index in [-0.39, 0.29) is 31.3 Å². The van der Waals surface area contributed by atoms with E-state index in [0.717, 1.165) is 36.8 Å². The van der Waals surface area contributed by atoms with E-state index < -0.39 is 52.9 Å². The van der Waals surface area contributed by atoms with Gasteiger partial charge in [-0.15, -0.1) is 0 Å². The minimum absolute atomic E-state index is 0.0138. The molecule has 3 aliphatic carbocycles. The van der Waals surface area contributed by atoms with E-state index in [1.165, 1.54) is 5.57 Å². The summed E-state index contributed by atoms with van der Waals surface area (Å²) in [4.78, 5) is 27.8. The standard InChI is InChI=1S/C47H69N3O7/c1-29(2)12-9-13-30(3)14-10-16-34(28-51)36-19-25-47(42(36)54)38(20-24-46(57)21-7-8-22-46)35(18-23-45(47,6)56)32(5)39(53)26-33-15-11-17-37-40(33)41(49-27-31(4)52)44(55)50-43(37)48/h10-12,14-17,31,36,38,41-43,49,51-52,54,56-57H,3,7-9,13,18-28,48H2,1-2,4-6H3,(H,50,55). The first-order chi connectivity index (χ1) is 26.9. The third-order valence-corrected chi connectivity index (χ3v) is 13.7. The molecular weight excluding hydrogens is 719 g/mol. The van der Waals surface area contributed by atoms with Crippen LogP contribution in [-0.4, -0.2) is 73.8 Å². The average molecular weight is 788 g/mol. The number of rotatable bonds is 16. The molecule has 10 nitrogen and oxygen atoms in total. The number of benzene rings is 1. The third kappa shape index (κ3) is 9.81. The Morgan fingerprint density at radius 2 is 1.86 bits per heavy atom. The lowest BCUT2D eigenvalue weighted by Gasteiger charge is -2.56. The van der Waals surface area contributed by atoms with Crippen LogP contribution in [0.4, 0.5) is 0 Å². The number of carbonyl (C=O) groups is 2. The van der Waals surface area contributed by atoms with Gasteiger partial charge in [0.15, 0.2) is 5.78 Å². The van der Waals surface area contributed by atoms with Crippen molar-refractivity contribution in [3.05, 3.63) is 93.6 Å². The van der Waals surface area contributed by atoms with Crippen LogP contribution >= 0.6 is 0 Å². The molecule has 1 spiro atoms. The fourth-order valence-corrected chi connectivity index (χ4v) is 10.5. The quantitative estimate of drug-likeness (QED) is 0.0566. The molecule has 1 aromatic rings. The van der Waals surface area contributed by atoms with Crippen molar-refractivity contribution in [1.29, 1.82) is 0 Å². The molecule has 5 rings (SSSR count). The number of allylic oxidation sites excluding steroid dienone is 8. The minimum Gasteiger partial charge on any atom is -0.392 e. The van der Waals surface area contributed by atoms with Gasteiger partial charge in [0, 0.05) is 24.3 Å². The molecule has 57 heavy (non-hydrogen) atoms. The monoisotopic (exact) mass is 788 g/mol. The Bertz CT molecular complexity index is 1760. The van der Waals surface area contributed by atoms with E-state index in [4.69, 9.17) is 5.73 Å². The van der Waals surface area contributed by atoms with Crippen LogP contribution < -0.4 is 16.4 Å². The molecule has 8 unspecified atom stereocenters. The Morgan fingerprint density at radius 1 is 1.14 bits per heavy atom. The molecular formula is C47H69N3O7. The number of carbonyl (C=O) groups excluding carboxylic acids is 2. The zero-order chi connectivity index (χ0) is 41.7. The summed E-state index contributed by atoms with van der Waals surface area (Å²) in [6.07, 6.45) is 13.3. The molecule has 1 amide bonds. The molecule has 0 bridgehead atoms. The second-order valence-electron chi connectivity index (χ2n) is 18.0. The van der Waals surface area contributed by atoms with Crippen molar-refractivity contribution in [1.82, 2.24) is 10.6 Å². The van der Waals surface area contributed by atoms with Crippen LogP contribution in [0.25, 0.3) is 0 Å². The summed E-state index contributed by atoms with van der Waals surface area (Å²) >= 11 is 0. The average Bonchev–Trinajstić information content (AvgIpc) is 3.74. The number of aliphatic hydroxyl groups excluding tert-OH is 3. The summed E-state index contributed by atoms with van der Waals surface area (Å²) in [5, 5.41) is 63.2. The Balaban J connectivity index is 1.50. The highest BCUT2D eigenvalue weighted by atomic mass is 16.3. The zero-order valence-corrected chi connectivity index (χ0v) is 34.9. The van der Waals surface area contributed by atoms with Crippen molar-refractivity contribution in [3.8, 4) is 0 Å². The van der Waals surface area contributed by atoms with Gasteiger partial charge in [0.2, 0.25) is 5.91 Å². The second kappa shape index (κ2) is 18.8. The SMILES string of the molecule is C=C(C=CC=C(CO)C1CCC2(C(CCC3(O)CCCC3)C(=C(C)C(=O)Cc3cccc4c3C(NCC(C)O)C(=O)NC4N)CCC2(C)O)C1O)CCC=C(C)C. The highest BCUT2D eigenvalue weighted by Crippen LogP contribution is 2.63. The van der Waals surface area contributed by atoms with Gasteiger partial charge in [-0.25, -0.2) is 0 Å². The summed E-state index contributed by atoms with van der Waals surface area (Å²) in [5.41, 5.74) is 9.64. The minimum atomic E-state index is -1.28. The third-order valence-electron chi connectivity index (χ3n) is 13.7. The number of hydrogen-bond donors (Lipinski definition) is 8. The Hall–Kier alpha value is -3.22. The highest BCUT2D eigenvalue weighted by Gasteiger charge is 2.64. The van der Waals surface area contributed by atoms with Crippen molar-refractivity contribution < 1.29 is 35.1 Å². The molecule has 9 N–H and O–H groups in total. The Labute approximate surface area is 340 Å². The van der Waals surface area contributed by atoms with E-state index in [1.807, 2.05) is 50.3 Å². The van der Waals surface area contributed by atoms with E-state index in [2.05, 4.69) is 37.1 Å². The summed E-state index contributed by atoms with van der Waals surface area (Å²) < 4.78 is 0. The van der Waals surface area contributed by atoms with Gasteiger partial charge in [-0.1, -0.05) is 78.6 Å². The lowest BCUT2D eigenvalue weighted by Crippen LogP contribution is -2.59. The number of aliphatic hydroxyl groups is 5. The van der Waals surface area contributed by atoms with Crippen LogP contribution in [0, 0.1) is 17.3 Å². The fraction of sp³-hybridized carbons (Fsp3) is 0.617. The number of hydrogen-bond acceptors (Lipinski definition) is 9. The predicted molar refractivity (Wildman–Crippen MR) is 225 cm³/mol. The molecule has 10 heteroatoms. The zero-order valence-electron chi connectivity index (χ0n) is 34.9. The van der Waals surface area contributed by atoms with Crippen LogP contribution in [-0.2, 0) is 16.0 Å². The van der Waals surface area contributed by atoms with Crippen molar-refractivity contribution in [2.45, 2.75) is 154 Å². The maximum Gasteiger partial charge on any atom is 0.243 e. The lowest BCUT2D eigenvalue weighted by atomic mass is 9.52. The Morgan fingerprint density at radius 3 is 2.53 bits per heavy atom. The van der Waals surface area contributed by atoms with Gasteiger partial charge in [-0.05, 0) is 133 Å². The second-order valence-corrected chi connectivity index (χ2v) is 18.0. The molecule has 3 fully saturated rings. The van der Waals surface area contributed by atoms with E-state index in [0.29, 0.717) is 79.2 Å². The Kier molecular flexibility index (Phi) is 14.8. The molecule has 4 aliphatic rings. The van der Waals surface area contributed by atoms with Crippen molar-refractivity contribution in [2.75, 3.05) is 13.2 Å². The van der Waals surface area contributed by atoms with Crippen LogP contribution in [0.1, 0.15) is 141 Å². The van der Waals surface area contributed by atoms with Gasteiger partial charge >= 0.3 is 0 Å². The van der Waals surface area contributed by atoms with E-state index >= 15 is 0 Å². The first-order valence-corrected chi connectivity index (χ1v) is 21.2. The smallest absolute Gasteiger partial charge is 0.243 e. The van der Waals surface area contributed by atoms with Crippen LogP contribution in [0.3, 0.4) is 0 Å². The maximum atomic E-state index is 14.6. The predicted octanol–water partition coefficient (Wildman–Crippen LogP) is 5.99. The summed E-state index contributed by atoms with van der Waals surface area (Å²) in [7, 11) is 0. The molecule has 1 aliphatic heterocycles. The van der Waals surface area contributed by atoms with Gasteiger partial charge in [0.25, 0.3) is 0 Å². The first-order valence-electron chi connectivity index (χ1n) is 21.2. The fourth-order valence-electron chi connectivity index (χ4n) is 10.5. The number of ketones is 1. The van der Waals surface area contributed by atoms with Gasteiger partial charge in [-0.2, -0.15) is 0 Å². The van der Waals surface area contributed by atoms with Gasteiger partial charge in [-0.3, -0.25) is 14.9 Å². The highest BCUT2D eigenvalue weighted by molar-refractivity contribution is 5.98. The lowest BCUT2D eigenvalue weighted by molar-refractivity contribution is -0.169. The number of nitrogens with two attached hydrogens (primary N) is 1.